The Bertz CT molecular complexity index is 2600. The first-order valence-corrected chi connectivity index (χ1v) is 24.7. The van der Waals surface area contributed by atoms with Gasteiger partial charge in [-0.25, -0.2) is 4.98 Å². The van der Waals surface area contributed by atoms with Gasteiger partial charge < -0.3 is 64.7 Å². The molecule has 396 valence electrons. The molecular weight excluding hydrogens is 953 g/mol. The molecule has 23 nitrogen and oxygen atoms in total. The minimum Gasteiger partial charge on any atom is -0.370 e. The molecule has 15 N–H and O–H groups in total. The second-order valence-corrected chi connectivity index (χ2v) is 18.1. The second kappa shape index (κ2) is 28.6. The number of hydrogen-bond acceptors (Lipinski definition) is 11. The van der Waals surface area contributed by atoms with Crippen LogP contribution in [-0.2, 0) is 62.4 Å². The Hall–Kier alpha value is -8.37. The van der Waals surface area contributed by atoms with Crippen LogP contribution >= 0.6 is 0 Å². The summed E-state index contributed by atoms with van der Waals surface area (Å²) >= 11 is 0. The van der Waals surface area contributed by atoms with Gasteiger partial charge in [0.05, 0.1) is 6.33 Å². The Labute approximate surface area is 428 Å². The van der Waals surface area contributed by atoms with Gasteiger partial charge in [0.15, 0.2) is 5.96 Å². The maximum Gasteiger partial charge on any atom is 0.243 e. The van der Waals surface area contributed by atoms with Gasteiger partial charge in [-0.1, -0.05) is 92.6 Å². The molecule has 2 heterocycles. The number of nitrogens with one attached hydrogen (secondary N) is 9. The van der Waals surface area contributed by atoms with Crippen LogP contribution in [0, 0.1) is 0 Å². The number of amides is 9. The van der Waals surface area contributed by atoms with Crippen LogP contribution in [0.25, 0.3) is 10.8 Å². The smallest absolute Gasteiger partial charge is 0.243 e. The molecule has 7 atom stereocenters. The average molecular weight is 1020 g/mol. The minimum atomic E-state index is -1.44. The van der Waals surface area contributed by atoms with Crippen molar-refractivity contribution in [2.24, 2.45) is 22.2 Å². The number of carbonyl (C=O) groups excluding carboxylic acids is 9. The van der Waals surface area contributed by atoms with Gasteiger partial charge in [0.25, 0.3) is 0 Å². The van der Waals surface area contributed by atoms with Crippen LogP contribution in [0.3, 0.4) is 0 Å². The molecule has 0 bridgehead atoms. The molecule has 23 heteroatoms. The molecule has 4 aromatic rings. The maximum atomic E-state index is 14.6. The third-order valence-corrected chi connectivity index (χ3v) is 12.3. The van der Waals surface area contributed by atoms with Gasteiger partial charge >= 0.3 is 0 Å². The van der Waals surface area contributed by atoms with Crippen molar-refractivity contribution in [1.82, 2.24) is 52.5 Å². The maximum absolute atomic E-state index is 14.6. The normalized spacial score (nSPS) is 20.0. The number of rotatable bonds is 19. The predicted octanol–water partition coefficient (Wildman–Crippen LogP) is -0.967. The lowest BCUT2D eigenvalue weighted by Gasteiger charge is -2.28. The topological polar surface area (TPSA) is 369 Å². The van der Waals surface area contributed by atoms with Gasteiger partial charge in [-0.05, 0) is 54.0 Å². The molecule has 1 aromatic heterocycles. The number of carbonyl (C=O) groups is 9. The van der Waals surface area contributed by atoms with Crippen molar-refractivity contribution in [1.29, 1.82) is 0 Å². The van der Waals surface area contributed by atoms with Crippen molar-refractivity contribution in [3.8, 4) is 0 Å². The number of fused-ring (bicyclic) bond motifs is 1. The van der Waals surface area contributed by atoms with Crippen LogP contribution in [-0.4, -0.2) is 124 Å². The Kier molecular flexibility index (Phi) is 21.9. The molecule has 5 rings (SSSR count). The Morgan fingerprint density at radius 3 is 2.12 bits per heavy atom. The zero-order valence-electron chi connectivity index (χ0n) is 41.6. The lowest BCUT2D eigenvalue weighted by Crippen LogP contribution is -2.60. The van der Waals surface area contributed by atoms with E-state index < -0.39 is 95.5 Å². The van der Waals surface area contributed by atoms with Gasteiger partial charge in [0, 0.05) is 57.6 Å². The van der Waals surface area contributed by atoms with E-state index in [-0.39, 0.29) is 76.8 Å². The third kappa shape index (κ3) is 18.0. The number of aromatic amines is 1. The highest BCUT2D eigenvalue weighted by atomic mass is 16.2. The predicted molar refractivity (Wildman–Crippen MR) is 275 cm³/mol. The second-order valence-electron chi connectivity index (χ2n) is 18.1. The zero-order chi connectivity index (χ0) is 53.6. The number of unbranched alkanes of at least 4 members (excludes halogenated alkanes) is 1. The van der Waals surface area contributed by atoms with Crippen LogP contribution in [0.4, 0.5) is 0 Å². The monoisotopic (exact) mass is 1020 g/mol. The van der Waals surface area contributed by atoms with Gasteiger partial charge in [-0.15, -0.1) is 0 Å². The van der Waals surface area contributed by atoms with Crippen LogP contribution in [0.15, 0.2) is 90.3 Å². The SMILES string of the molecule is CCCCC(NC(C)=O)C(=O)NC1CCC(=O)NCCC(C(=O)NC(Cc2cccc3ccccc23)C(N)=O)NC(=O)C(CCCN=C(N)N)NC(=O)C(Cc2ccccc2)NC(=O)C(Cc2cnc[nH]2)NC1=O. The van der Waals surface area contributed by atoms with Gasteiger partial charge in [-0.2, -0.15) is 0 Å². The van der Waals surface area contributed by atoms with Crippen molar-refractivity contribution in [2.75, 3.05) is 13.1 Å². The summed E-state index contributed by atoms with van der Waals surface area (Å²) in [5, 5.41) is 23.3. The molecule has 7 unspecified atom stereocenters. The average Bonchev–Trinajstić information content (AvgIpc) is 3.89. The van der Waals surface area contributed by atoms with Gasteiger partial charge in [0.1, 0.15) is 42.3 Å². The fourth-order valence-corrected chi connectivity index (χ4v) is 8.38. The van der Waals surface area contributed by atoms with Crippen LogP contribution in [0.1, 0.15) is 82.0 Å². The highest BCUT2D eigenvalue weighted by molar-refractivity contribution is 5.98. The van der Waals surface area contributed by atoms with Crippen LogP contribution in [0.5, 0.6) is 0 Å². The number of aliphatic imine (C=N–C) groups is 1. The Morgan fingerprint density at radius 2 is 1.43 bits per heavy atom. The fraction of sp³-hybridized carbons (Fsp3) is 0.431. The molecule has 0 radical (unpaired) electrons. The highest BCUT2D eigenvalue weighted by Gasteiger charge is 2.35. The van der Waals surface area contributed by atoms with Crippen molar-refractivity contribution in [2.45, 2.75) is 127 Å². The molecule has 1 aliphatic heterocycles. The summed E-state index contributed by atoms with van der Waals surface area (Å²) in [6.45, 7) is 2.99. The molecule has 74 heavy (non-hydrogen) atoms. The van der Waals surface area contributed by atoms with Gasteiger partial charge in [0.2, 0.25) is 53.2 Å². The standard InChI is InChI=1S/C51H68N14O9/c1-3-4-18-36(59-30(2)66)45(69)61-38-20-21-43(67)56-24-22-39(48(72)63-40(44(52)68)26-33-16-10-15-32-14-8-9-17-35(32)33)62-46(70)37(19-11-23-57-51(53)54)60-49(73)41(25-31-12-6-5-7-13-31)64-50(74)42(65-47(38)71)27-34-28-55-29-58-34/h5-10,12-17,28-29,36-42H,3-4,11,18-27H2,1-2H3,(H2,52,68)(H,55,58)(H,56,67)(H,59,66)(H,60,73)(H,61,69)(H,62,70)(H,63,72)(H,64,74)(H,65,71)(H4,53,54,57). The highest BCUT2D eigenvalue weighted by Crippen LogP contribution is 2.20. The van der Waals surface area contributed by atoms with E-state index in [4.69, 9.17) is 17.2 Å². The number of imidazole rings is 1. The van der Waals surface area contributed by atoms with Crippen molar-refractivity contribution >= 4 is 69.9 Å². The fourth-order valence-electron chi connectivity index (χ4n) is 8.38. The van der Waals surface area contributed by atoms with Crippen molar-refractivity contribution in [3.63, 3.8) is 0 Å². The number of nitrogens with two attached hydrogens (primary N) is 3. The first-order chi connectivity index (χ1) is 35.5. The lowest BCUT2D eigenvalue weighted by atomic mass is 9.98. The lowest BCUT2D eigenvalue weighted by molar-refractivity contribution is -0.135. The first-order valence-electron chi connectivity index (χ1n) is 24.7. The summed E-state index contributed by atoms with van der Waals surface area (Å²) in [7, 11) is 0. The summed E-state index contributed by atoms with van der Waals surface area (Å²) in [4.78, 5) is 136. The molecule has 0 saturated carbocycles. The molecule has 3 aromatic carbocycles. The van der Waals surface area contributed by atoms with E-state index in [0.717, 1.165) is 10.8 Å². The largest absolute Gasteiger partial charge is 0.370 e. The molecule has 0 aliphatic carbocycles. The quantitative estimate of drug-likeness (QED) is 0.0307. The zero-order valence-corrected chi connectivity index (χ0v) is 41.6. The van der Waals surface area contributed by atoms with E-state index in [1.165, 1.54) is 19.4 Å². The Balaban J connectivity index is 1.52. The Morgan fingerprint density at radius 1 is 0.757 bits per heavy atom. The third-order valence-electron chi connectivity index (χ3n) is 12.3. The molecule has 1 aliphatic rings. The number of primary amides is 1. The molecule has 1 saturated heterocycles. The van der Waals surface area contributed by atoms with E-state index >= 15 is 0 Å². The van der Waals surface area contributed by atoms with E-state index in [1.54, 1.807) is 36.4 Å². The summed E-state index contributed by atoms with van der Waals surface area (Å²) in [5.41, 5.74) is 18.7. The molecular formula is C51H68N14O9. The van der Waals surface area contributed by atoms with E-state index in [0.29, 0.717) is 29.7 Å². The van der Waals surface area contributed by atoms with E-state index in [9.17, 15) is 43.2 Å². The van der Waals surface area contributed by atoms with E-state index in [1.807, 2.05) is 43.3 Å². The number of H-pyrrole nitrogens is 1. The summed E-state index contributed by atoms with van der Waals surface area (Å²) < 4.78 is 0. The number of hydrogen-bond donors (Lipinski definition) is 12. The number of guanidine groups is 1. The number of benzene rings is 3. The minimum absolute atomic E-state index is 0.00395. The summed E-state index contributed by atoms with van der Waals surface area (Å²) in [5.74, 6) is -7.02. The van der Waals surface area contributed by atoms with Gasteiger partial charge in [-0.3, -0.25) is 48.1 Å². The molecule has 1 fully saturated rings. The molecule has 0 spiro atoms. The van der Waals surface area contributed by atoms with Crippen LogP contribution in [0.2, 0.25) is 0 Å². The molecule has 9 amide bonds. The van der Waals surface area contributed by atoms with Crippen LogP contribution < -0.4 is 59.7 Å². The van der Waals surface area contributed by atoms with Crippen molar-refractivity contribution < 1.29 is 43.2 Å². The first kappa shape index (κ1) is 56.5. The number of aromatic nitrogens is 2. The van der Waals surface area contributed by atoms with E-state index in [2.05, 4.69) is 57.5 Å². The summed E-state index contributed by atoms with van der Waals surface area (Å²) in [6.07, 6.45) is 3.27. The summed E-state index contributed by atoms with van der Waals surface area (Å²) in [6, 6.07) is 12.4. The van der Waals surface area contributed by atoms with Crippen molar-refractivity contribution in [3.05, 3.63) is 102 Å². The number of nitrogens with zero attached hydrogens (tertiary/aromatic N) is 2.